The first-order valence-corrected chi connectivity index (χ1v) is 7.81. The van der Waals surface area contributed by atoms with Gasteiger partial charge in [0.25, 0.3) is 0 Å². The number of piperidine rings is 2. The third-order valence-corrected chi connectivity index (χ3v) is 4.79. The molecule has 0 amide bonds. The second-order valence-electron chi connectivity index (χ2n) is 6.56. The molecule has 2 heterocycles. The van der Waals surface area contributed by atoms with Crippen molar-refractivity contribution in [1.29, 1.82) is 0 Å². The maximum atomic E-state index is 3.82. The zero-order valence-electron chi connectivity index (χ0n) is 12.5. The predicted octanol–water partition coefficient (Wildman–Crippen LogP) is 1.79. The molecule has 3 nitrogen and oxygen atoms in total. The fourth-order valence-corrected chi connectivity index (χ4v) is 3.22. The van der Waals surface area contributed by atoms with Gasteiger partial charge in [-0.05, 0) is 85.2 Å². The summed E-state index contributed by atoms with van der Waals surface area (Å²) in [5.74, 6) is 0.921. The summed E-state index contributed by atoms with van der Waals surface area (Å²) >= 11 is 0. The topological polar surface area (TPSA) is 18.5 Å². The Bertz CT molecular complexity index is 226. The number of nitrogens with one attached hydrogen (secondary N) is 1. The zero-order valence-corrected chi connectivity index (χ0v) is 12.5. The number of hydrogen-bond donors (Lipinski definition) is 1. The second kappa shape index (κ2) is 6.88. The minimum Gasteiger partial charge on any atom is -0.314 e. The molecule has 1 N–H and O–H groups in total. The average molecular weight is 253 g/mol. The van der Waals surface area contributed by atoms with Crippen LogP contribution in [0.2, 0.25) is 0 Å². The average Bonchev–Trinajstić information content (AvgIpc) is 2.38. The highest BCUT2D eigenvalue weighted by molar-refractivity contribution is 4.80. The molecule has 0 aromatic carbocycles. The highest BCUT2D eigenvalue weighted by Crippen LogP contribution is 2.17. The van der Waals surface area contributed by atoms with E-state index in [2.05, 4.69) is 36.0 Å². The number of hydrogen-bond acceptors (Lipinski definition) is 3. The molecule has 0 saturated carbocycles. The van der Waals surface area contributed by atoms with Crippen LogP contribution in [0.25, 0.3) is 0 Å². The van der Waals surface area contributed by atoms with Gasteiger partial charge < -0.3 is 15.1 Å². The molecule has 2 rings (SSSR count). The fourth-order valence-electron chi connectivity index (χ4n) is 3.22. The SMILES string of the molecule is CC(C)N1CCC(NCC2CCN(C)CC2)CC1. The van der Waals surface area contributed by atoms with Gasteiger partial charge in [-0.25, -0.2) is 0 Å². The van der Waals surface area contributed by atoms with Crippen molar-refractivity contribution in [3.63, 3.8) is 0 Å². The number of nitrogens with zero attached hydrogens (tertiary/aromatic N) is 2. The highest BCUT2D eigenvalue weighted by Gasteiger charge is 2.22. The van der Waals surface area contributed by atoms with Gasteiger partial charge in [0.15, 0.2) is 0 Å². The van der Waals surface area contributed by atoms with Gasteiger partial charge in [0.05, 0.1) is 0 Å². The predicted molar refractivity (Wildman–Crippen MR) is 78.0 cm³/mol. The smallest absolute Gasteiger partial charge is 0.00915 e. The van der Waals surface area contributed by atoms with Crippen LogP contribution < -0.4 is 5.32 Å². The molecule has 0 aromatic rings. The molecule has 2 fully saturated rings. The van der Waals surface area contributed by atoms with Crippen LogP contribution in [0.15, 0.2) is 0 Å². The van der Waals surface area contributed by atoms with Crippen molar-refractivity contribution in [3.05, 3.63) is 0 Å². The normalized spacial score (nSPS) is 26.0. The Morgan fingerprint density at radius 1 is 1.00 bits per heavy atom. The Morgan fingerprint density at radius 3 is 2.17 bits per heavy atom. The Balaban J connectivity index is 1.60. The van der Waals surface area contributed by atoms with Crippen LogP contribution in [-0.4, -0.2) is 61.7 Å². The molecule has 2 aliphatic heterocycles. The van der Waals surface area contributed by atoms with E-state index in [-0.39, 0.29) is 0 Å². The molecule has 0 unspecified atom stereocenters. The third-order valence-electron chi connectivity index (χ3n) is 4.79. The van der Waals surface area contributed by atoms with Crippen molar-refractivity contribution in [1.82, 2.24) is 15.1 Å². The van der Waals surface area contributed by atoms with Crippen molar-refractivity contribution in [2.24, 2.45) is 5.92 Å². The summed E-state index contributed by atoms with van der Waals surface area (Å²) in [6.45, 7) is 11.0. The second-order valence-corrected chi connectivity index (χ2v) is 6.56. The van der Waals surface area contributed by atoms with Crippen LogP contribution in [0.1, 0.15) is 39.5 Å². The molecular formula is C15H31N3. The van der Waals surface area contributed by atoms with E-state index >= 15 is 0 Å². The van der Waals surface area contributed by atoms with Crippen LogP contribution in [0.4, 0.5) is 0 Å². The first-order valence-electron chi connectivity index (χ1n) is 7.81. The molecule has 0 bridgehead atoms. The Labute approximate surface area is 113 Å². The van der Waals surface area contributed by atoms with E-state index in [0.717, 1.165) is 18.0 Å². The number of likely N-dealkylation sites (tertiary alicyclic amines) is 2. The molecule has 3 heteroatoms. The Morgan fingerprint density at radius 2 is 1.61 bits per heavy atom. The molecular weight excluding hydrogens is 222 g/mol. The molecule has 2 saturated heterocycles. The lowest BCUT2D eigenvalue weighted by Crippen LogP contribution is -2.46. The summed E-state index contributed by atoms with van der Waals surface area (Å²) in [4.78, 5) is 5.06. The third kappa shape index (κ3) is 4.22. The summed E-state index contributed by atoms with van der Waals surface area (Å²) in [6.07, 6.45) is 5.44. The van der Waals surface area contributed by atoms with E-state index in [9.17, 15) is 0 Å². The van der Waals surface area contributed by atoms with Crippen molar-refractivity contribution in [3.8, 4) is 0 Å². The maximum absolute atomic E-state index is 3.82. The molecule has 0 atom stereocenters. The molecule has 0 aromatic heterocycles. The summed E-state index contributed by atoms with van der Waals surface area (Å²) in [7, 11) is 2.24. The van der Waals surface area contributed by atoms with Crippen molar-refractivity contribution in [2.75, 3.05) is 39.8 Å². The molecule has 18 heavy (non-hydrogen) atoms. The van der Waals surface area contributed by atoms with E-state index in [1.54, 1.807) is 0 Å². The van der Waals surface area contributed by atoms with Crippen molar-refractivity contribution in [2.45, 2.75) is 51.6 Å². The largest absolute Gasteiger partial charge is 0.314 e. The van der Waals surface area contributed by atoms with Crippen LogP contribution in [-0.2, 0) is 0 Å². The van der Waals surface area contributed by atoms with Gasteiger partial charge in [-0.1, -0.05) is 0 Å². The van der Waals surface area contributed by atoms with Crippen LogP contribution in [0.3, 0.4) is 0 Å². The molecule has 0 radical (unpaired) electrons. The van der Waals surface area contributed by atoms with Gasteiger partial charge >= 0.3 is 0 Å². The van der Waals surface area contributed by atoms with Crippen molar-refractivity contribution < 1.29 is 0 Å². The molecule has 2 aliphatic rings. The van der Waals surface area contributed by atoms with E-state index in [0.29, 0.717) is 0 Å². The van der Waals surface area contributed by atoms with Crippen molar-refractivity contribution >= 4 is 0 Å². The van der Waals surface area contributed by atoms with Crippen LogP contribution >= 0.6 is 0 Å². The van der Waals surface area contributed by atoms with E-state index in [1.165, 1.54) is 58.4 Å². The van der Waals surface area contributed by atoms with Gasteiger partial charge in [-0.2, -0.15) is 0 Å². The van der Waals surface area contributed by atoms with Crippen LogP contribution in [0.5, 0.6) is 0 Å². The lowest BCUT2D eigenvalue weighted by molar-refractivity contribution is 0.153. The highest BCUT2D eigenvalue weighted by atomic mass is 15.2. The fraction of sp³-hybridized carbons (Fsp3) is 1.00. The van der Waals surface area contributed by atoms with Gasteiger partial charge in [-0.3, -0.25) is 0 Å². The number of rotatable bonds is 4. The summed E-state index contributed by atoms with van der Waals surface area (Å²) in [5, 5.41) is 3.82. The standard InChI is InChI=1S/C15H31N3/c1-13(2)18-10-6-15(7-11-18)16-12-14-4-8-17(3)9-5-14/h13-16H,4-12H2,1-3H3. The lowest BCUT2D eigenvalue weighted by atomic mass is 9.96. The van der Waals surface area contributed by atoms with Gasteiger partial charge in [0.1, 0.15) is 0 Å². The summed E-state index contributed by atoms with van der Waals surface area (Å²) < 4.78 is 0. The van der Waals surface area contributed by atoms with Gasteiger partial charge in [0.2, 0.25) is 0 Å². The van der Waals surface area contributed by atoms with Gasteiger partial charge in [-0.15, -0.1) is 0 Å². The summed E-state index contributed by atoms with van der Waals surface area (Å²) in [5.41, 5.74) is 0. The quantitative estimate of drug-likeness (QED) is 0.824. The first-order chi connectivity index (χ1) is 8.65. The van der Waals surface area contributed by atoms with E-state index < -0.39 is 0 Å². The molecule has 0 spiro atoms. The zero-order chi connectivity index (χ0) is 13.0. The van der Waals surface area contributed by atoms with Gasteiger partial charge in [0, 0.05) is 12.1 Å². The minimum absolute atomic E-state index is 0.722. The summed E-state index contributed by atoms with van der Waals surface area (Å²) in [6, 6.07) is 1.50. The molecule has 106 valence electrons. The van der Waals surface area contributed by atoms with E-state index in [1.807, 2.05) is 0 Å². The van der Waals surface area contributed by atoms with Crippen LogP contribution in [0, 0.1) is 5.92 Å². The maximum Gasteiger partial charge on any atom is 0.00915 e. The monoisotopic (exact) mass is 253 g/mol. The lowest BCUT2D eigenvalue weighted by Gasteiger charge is -2.36. The Kier molecular flexibility index (Phi) is 5.46. The Hall–Kier alpha value is -0.120. The van der Waals surface area contributed by atoms with E-state index in [4.69, 9.17) is 0 Å². The minimum atomic E-state index is 0.722. The first kappa shape index (κ1) is 14.3. The molecule has 0 aliphatic carbocycles.